The zero-order valence-corrected chi connectivity index (χ0v) is 11.4. The Labute approximate surface area is 117 Å². The lowest BCUT2D eigenvalue weighted by molar-refractivity contribution is -0.145. The highest BCUT2D eigenvalue weighted by Crippen LogP contribution is 2.13. The van der Waals surface area contributed by atoms with Gasteiger partial charge in [0.15, 0.2) is 0 Å². The van der Waals surface area contributed by atoms with Crippen molar-refractivity contribution in [2.75, 3.05) is 13.9 Å². The highest BCUT2D eigenvalue weighted by atomic mass is 16.7. The summed E-state index contributed by atoms with van der Waals surface area (Å²) >= 11 is 0. The Morgan fingerprint density at radius 1 is 1.25 bits per heavy atom. The molecule has 20 heavy (non-hydrogen) atoms. The first-order valence-corrected chi connectivity index (χ1v) is 5.84. The second-order valence-electron chi connectivity index (χ2n) is 3.90. The number of rotatable bonds is 6. The third-order valence-electron chi connectivity index (χ3n) is 2.26. The predicted octanol–water partition coefficient (Wildman–Crippen LogP) is 2.33. The van der Waals surface area contributed by atoms with E-state index in [0.717, 1.165) is 5.56 Å². The van der Waals surface area contributed by atoms with Crippen LogP contribution in [0.4, 0.5) is 0 Å². The molecule has 0 heterocycles. The highest BCUT2D eigenvalue weighted by molar-refractivity contribution is 5.87. The number of carbonyl (C=O) groups is 2. The van der Waals surface area contributed by atoms with Gasteiger partial charge in [-0.2, -0.15) is 0 Å². The van der Waals surface area contributed by atoms with Gasteiger partial charge in [0.05, 0.1) is 7.11 Å². The Kier molecular flexibility index (Phi) is 6.03. The third-order valence-corrected chi connectivity index (χ3v) is 2.26. The fraction of sp³-hybridized carbons (Fsp3) is 0.200. The molecule has 1 aromatic carbocycles. The largest absolute Gasteiger partial charge is 0.466 e. The lowest BCUT2D eigenvalue weighted by Gasteiger charge is -2.07. The predicted molar refractivity (Wildman–Crippen MR) is 73.9 cm³/mol. The van der Waals surface area contributed by atoms with E-state index in [1.807, 2.05) is 0 Å². The topological polar surface area (TPSA) is 61.8 Å². The highest BCUT2D eigenvalue weighted by Gasteiger charge is 2.02. The van der Waals surface area contributed by atoms with E-state index in [4.69, 9.17) is 9.47 Å². The standard InChI is InChI=1S/C15H16O5/c1-11(2)15(17)20-10-19-13-7-4-12(5-8-13)6-9-14(16)18-3/h4-9H,1,10H2,2-3H3. The molecule has 0 amide bonds. The summed E-state index contributed by atoms with van der Waals surface area (Å²) in [5.74, 6) is -0.366. The van der Waals surface area contributed by atoms with Crippen LogP contribution >= 0.6 is 0 Å². The summed E-state index contributed by atoms with van der Waals surface area (Å²) in [4.78, 5) is 22.0. The van der Waals surface area contributed by atoms with Gasteiger partial charge >= 0.3 is 11.9 Å². The molecule has 0 unspecified atom stereocenters. The van der Waals surface area contributed by atoms with Crippen molar-refractivity contribution in [2.45, 2.75) is 6.92 Å². The van der Waals surface area contributed by atoms with Gasteiger partial charge in [-0.1, -0.05) is 18.7 Å². The Morgan fingerprint density at radius 3 is 2.45 bits per heavy atom. The number of methoxy groups -OCH3 is 1. The van der Waals surface area contributed by atoms with Crippen molar-refractivity contribution in [3.8, 4) is 5.75 Å². The van der Waals surface area contributed by atoms with Gasteiger partial charge in [-0.25, -0.2) is 9.59 Å². The van der Waals surface area contributed by atoms with Crippen LogP contribution in [0.25, 0.3) is 6.08 Å². The van der Waals surface area contributed by atoms with Crippen LogP contribution < -0.4 is 4.74 Å². The smallest absolute Gasteiger partial charge is 0.335 e. The van der Waals surface area contributed by atoms with Crippen LogP contribution in [0, 0.1) is 0 Å². The lowest BCUT2D eigenvalue weighted by atomic mass is 10.2. The van der Waals surface area contributed by atoms with E-state index < -0.39 is 11.9 Å². The molecule has 106 valence electrons. The fourth-order valence-corrected chi connectivity index (χ4v) is 1.18. The summed E-state index contributed by atoms with van der Waals surface area (Å²) in [5, 5.41) is 0. The maximum Gasteiger partial charge on any atom is 0.335 e. The normalized spacial score (nSPS) is 10.1. The number of benzene rings is 1. The van der Waals surface area contributed by atoms with Crippen molar-refractivity contribution in [2.24, 2.45) is 0 Å². The van der Waals surface area contributed by atoms with Crippen molar-refractivity contribution in [3.63, 3.8) is 0 Å². The molecule has 0 aromatic heterocycles. The molecule has 1 rings (SSSR count). The third kappa shape index (κ3) is 5.39. The Balaban J connectivity index is 2.47. The van der Waals surface area contributed by atoms with Gasteiger partial charge in [0, 0.05) is 11.6 Å². The number of carbonyl (C=O) groups excluding carboxylic acids is 2. The molecule has 0 bridgehead atoms. The summed E-state index contributed by atoms with van der Waals surface area (Å²) in [6, 6.07) is 6.92. The van der Waals surface area contributed by atoms with Crippen LogP contribution in [-0.4, -0.2) is 25.8 Å². The summed E-state index contributed by atoms with van der Waals surface area (Å²) in [7, 11) is 1.32. The molecule has 5 heteroatoms. The van der Waals surface area contributed by atoms with Gasteiger partial charge < -0.3 is 14.2 Å². The molecule has 0 saturated carbocycles. The van der Waals surface area contributed by atoms with Crippen molar-refractivity contribution in [1.29, 1.82) is 0 Å². The molecule has 0 N–H and O–H groups in total. The molecule has 1 aromatic rings. The summed E-state index contributed by atoms with van der Waals surface area (Å²) in [5.41, 5.74) is 1.14. The minimum absolute atomic E-state index is 0.178. The number of ether oxygens (including phenoxy) is 3. The van der Waals surface area contributed by atoms with Gasteiger partial charge in [0.25, 0.3) is 0 Å². The maximum absolute atomic E-state index is 11.1. The first-order chi connectivity index (χ1) is 9.52. The van der Waals surface area contributed by atoms with Gasteiger partial charge in [0.2, 0.25) is 6.79 Å². The van der Waals surface area contributed by atoms with Crippen LogP contribution in [0.5, 0.6) is 5.75 Å². The van der Waals surface area contributed by atoms with E-state index in [1.54, 1.807) is 37.3 Å². The van der Waals surface area contributed by atoms with Gasteiger partial charge in [0.1, 0.15) is 5.75 Å². The number of hydrogen-bond acceptors (Lipinski definition) is 5. The molecule has 0 radical (unpaired) electrons. The molecule has 0 atom stereocenters. The second-order valence-corrected chi connectivity index (χ2v) is 3.90. The van der Waals surface area contributed by atoms with Gasteiger partial charge in [-0.3, -0.25) is 0 Å². The Hall–Kier alpha value is -2.56. The average Bonchev–Trinajstić information content (AvgIpc) is 2.45. The maximum atomic E-state index is 11.1. The Bertz CT molecular complexity index is 514. The minimum atomic E-state index is -0.498. The van der Waals surface area contributed by atoms with E-state index in [9.17, 15) is 9.59 Å². The minimum Gasteiger partial charge on any atom is -0.466 e. The van der Waals surface area contributed by atoms with Crippen molar-refractivity contribution >= 4 is 18.0 Å². The molecule has 0 spiro atoms. The molecule has 5 nitrogen and oxygen atoms in total. The number of hydrogen-bond donors (Lipinski definition) is 0. The summed E-state index contributed by atoms with van der Waals surface area (Å²) in [6.45, 7) is 4.84. The molecule has 0 fully saturated rings. The van der Waals surface area contributed by atoms with E-state index in [-0.39, 0.29) is 6.79 Å². The van der Waals surface area contributed by atoms with Crippen molar-refractivity contribution in [3.05, 3.63) is 48.1 Å². The fourth-order valence-electron chi connectivity index (χ4n) is 1.18. The first-order valence-electron chi connectivity index (χ1n) is 5.84. The summed E-state index contributed by atoms with van der Waals surface area (Å²) in [6.07, 6.45) is 2.95. The molecule has 0 aliphatic carbocycles. The zero-order chi connectivity index (χ0) is 15.0. The van der Waals surface area contributed by atoms with Crippen LogP contribution in [-0.2, 0) is 19.1 Å². The van der Waals surface area contributed by atoms with E-state index in [0.29, 0.717) is 11.3 Å². The van der Waals surface area contributed by atoms with Crippen molar-refractivity contribution in [1.82, 2.24) is 0 Å². The Morgan fingerprint density at radius 2 is 1.90 bits per heavy atom. The second kappa shape index (κ2) is 7.78. The van der Waals surface area contributed by atoms with Gasteiger partial charge in [-0.05, 0) is 30.7 Å². The summed E-state index contributed by atoms with van der Waals surface area (Å²) < 4.78 is 14.5. The van der Waals surface area contributed by atoms with E-state index in [1.165, 1.54) is 13.2 Å². The van der Waals surface area contributed by atoms with Crippen LogP contribution in [0.1, 0.15) is 12.5 Å². The SMILES string of the molecule is C=C(C)C(=O)OCOc1ccc(C=CC(=O)OC)cc1. The molecular formula is C15H16O5. The van der Waals surface area contributed by atoms with Crippen LogP contribution in [0.3, 0.4) is 0 Å². The van der Waals surface area contributed by atoms with Crippen LogP contribution in [0.15, 0.2) is 42.5 Å². The van der Waals surface area contributed by atoms with E-state index in [2.05, 4.69) is 11.3 Å². The number of esters is 2. The van der Waals surface area contributed by atoms with Gasteiger partial charge in [-0.15, -0.1) is 0 Å². The average molecular weight is 276 g/mol. The van der Waals surface area contributed by atoms with Crippen molar-refractivity contribution < 1.29 is 23.8 Å². The lowest BCUT2D eigenvalue weighted by Crippen LogP contribution is -2.10. The van der Waals surface area contributed by atoms with Crippen LogP contribution in [0.2, 0.25) is 0 Å². The molecule has 0 saturated heterocycles. The monoisotopic (exact) mass is 276 g/mol. The molecule has 0 aliphatic heterocycles. The van der Waals surface area contributed by atoms with E-state index >= 15 is 0 Å². The quantitative estimate of drug-likeness (QED) is 0.453. The zero-order valence-electron chi connectivity index (χ0n) is 11.4. The molecular weight excluding hydrogens is 260 g/mol. The molecule has 0 aliphatic rings. The first kappa shape index (κ1) is 15.5.